The highest BCUT2D eigenvalue weighted by Crippen LogP contribution is 2.43. The number of ether oxygens (including phenoxy) is 7. The van der Waals surface area contributed by atoms with Gasteiger partial charge >= 0.3 is 12.2 Å². The van der Waals surface area contributed by atoms with Crippen molar-refractivity contribution in [3.63, 3.8) is 0 Å². The van der Waals surface area contributed by atoms with Gasteiger partial charge in [-0.1, -0.05) is 62.4 Å². The van der Waals surface area contributed by atoms with E-state index in [9.17, 15) is 72.9 Å². The van der Waals surface area contributed by atoms with Crippen molar-refractivity contribution in [1.29, 1.82) is 0 Å². The highest BCUT2D eigenvalue weighted by atomic mass is 16.6. The van der Waals surface area contributed by atoms with E-state index in [1.54, 1.807) is 62.4 Å². The monoisotopic (exact) mass is 1510 g/mol. The molecule has 4 unspecified atom stereocenters. The molecular formula is C79H94N8O22. The van der Waals surface area contributed by atoms with Crippen molar-refractivity contribution in [3.05, 3.63) is 125 Å². The van der Waals surface area contributed by atoms with Crippen LogP contribution in [0.3, 0.4) is 0 Å². The van der Waals surface area contributed by atoms with E-state index in [1.165, 1.54) is 55.0 Å². The second-order valence-corrected chi connectivity index (χ2v) is 27.6. The molecule has 8 bridgehead atoms. The van der Waals surface area contributed by atoms with Crippen LogP contribution in [0.1, 0.15) is 149 Å². The molecule has 0 radical (unpaired) electrons. The number of nitrogens with one attached hydrogen (secondary N) is 4. The van der Waals surface area contributed by atoms with Gasteiger partial charge in [0.05, 0.1) is 86.8 Å². The number of benzene rings is 4. The summed E-state index contributed by atoms with van der Waals surface area (Å²) in [5, 5.41) is 45.4. The molecule has 30 nitrogen and oxygen atoms in total. The van der Waals surface area contributed by atoms with E-state index in [1.807, 2.05) is 0 Å². The standard InChI is InChI=1S/C79H94N8O22/c1-46-33-63-76(99)86-61-39-67(54(43-88)37-59(61)74(97)84(63)41-46)106-29-9-8-10-30-107-69-40-62-60(38-68(69)103-7)75(98)85-42-47(2)34-64(85)77(100)87(62)79(102)109-45-53-17-21-56(22-18-53)83-73(96)49(4)36-66(92)51(6)81-71(94)26-32-105-28-12-14-58(90)24-23-57(89)13-11-27-104-31-25-70(93)80-50(5)65(91)35-48(3)72(95)82-55-19-15-52(16-20-55)44-108-78(86)101/h15-22,37-40,48-51,63-64,76-77,88,99-100H,1-2,8-14,25-36,41-45H2,3-7H3,(H,80,93)(H,81,94)(H,82,95)(H,83,96)/t48?,49?,50?,51?,63-,64-,76-,77-/m0/s1. The van der Waals surface area contributed by atoms with Crippen LogP contribution in [0.2, 0.25) is 0 Å². The van der Waals surface area contributed by atoms with E-state index in [0.717, 1.165) is 9.80 Å². The molecule has 7 heterocycles. The Kier molecular flexibility index (Phi) is 29.3. The Balaban J connectivity index is 0.860. The quantitative estimate of drug-likeness (QED) is 0.0608. The maximum atomic E-state index is 14.3. The summed E-state index contributed by atoms with van der Waals surface area (Å²) in [7, 11) is 1.39. The second-order valence-electron chi connectivity index (χ2n) is 27.6. The Morgan fingerprint density at radius 3 is 1.36 bits per heavy atom. The number of Topliss-reactive ketones (excluding diaryl/α,β-unsaturated/α-hetero) is 4. The summed E-state index contributed by atoms with van der Waals surface area (Å²) in [5.41, 5.74) is 3.21. The first-order chi connectivity index (χ1) is 52.2. The molecule has 7 aliphatic heterocycles. The average molecular weight is 1510 g/mol. The van der Waals surface area contributed by atoms with Gasteiger partial charge in [0.1, 0.15) is 19.0 Å². The van der Waals surface area contributed by atoms with Gasteiger partial charge in [-0.15, -0.1) is 0 Å². The topological polar surface area (TPSA) is 391 Å². The molecule has 2 fully saturated rings. The molecule has 0 spiro atoms. The third-order valence-electron chi connectivity index (χ3n) is 19.1. The Bertz CT molecular complexity index is 3910. The summed E-state index contributed by atoms with van der Waals surface area (Å²) < 4.78 is 40.8. The van der Waals surface area contributed by atoms with Gasteiger partial charge < -0.3 is 79.5 Å². The molecule has 7 aliphatic rings. The number of carbonyl (C=O) groups excluding carboxylic acids is 12. The van der Waals surface area contributed by atoms with E-state index >= 15 is 0 Å². The van der Waals surface area contributed by atoms with Gasteiger partial charge in [0.2, 0.25) is 35.2 Å². The van der Waals surface area contributed by atoms with Crippen molar-refractivity contribution in [1.82, 2.24) is 20.4 Å². The molecule has 0 saturated carbocycles. The smallest absolute Gasteiger partial charge is 0.416 e. The fraction of sp³-hybridized carbons (Fsp3) is 0.468. The van der Waals surface area contributed by atoms with E-state index in [-0.39, 0.29) is 175 Å². The number of aliphatic hydroxyl groups excluding tert-OH is 3. The number of ketones is 4. The summed E-state index contributed by atoms with van der Waals surface area (Å²) in [6, 6.07) is 14.7. The summed E-state index contributed by atoms with van der Waals surface area (Å²) >= 11 is 0. The van der Waals surface area contributed by atoms with Gasteiger partial charge in [0.15, 0.2) is 35.5 Å². The van der Waals surface area contributed by atoms with Gasteiger partial charge in [0.25, 0.3) is 11.8 Å². The molecular weight excluding hydrogens is 1410 g/mol. The van der Waals surface area contributed by atoms with E-state index in [4.69, 9.17) is 33.2 Å². The maximum Gasteiger partial charge on any atom is 0.416 e. The Hall–Kier alpha value is -10.8. The number of anilines is 4. The number of methoxy groups -OCH3 is 1. The molecule has 4 aromatic carbocycles. The summed E-state index contributed by atoms with van der Waals surface area (Å²) in [6.45, 7) is 13.7. The third kappa shape index (κ3) is 22.0. The van der Waals surface area contributed by atoms with E-state index < -0.39 is 126 Å². The largest absolute Gasteiger partial charge is 0.493 e. The molecule has 7 N–H and O–H groups in total. The lowest BCUT2D eigenvalue weighted by atomic mass is 10.00. The van der Waals surface area contributed by atoms with Crippen LogP contribution in [0.5, 0.6) is 17.2 Å². The van der Waals surface area contributed by atoms with Crippen LogP contribution in [0, 0.1) is 23.7 Å². The van der Waals surface area contributed by atoms with Crippen LogP contribution in [0.4, 0.5) is 32.3 Å². The maximum absolute atomic E-state index is 14.3. The van der Waals surface area contributed by atoms with Crippen molar-refractivity contribution >= 4 is 93.5 Å². The van der Waals surface area contributed by atoms with Gasteiger partial charge in [-0.25, -0.2) is 19.4 Å². The van der Waals surface area contributed by atoms with Crippen molar-refractivity contribution in [2.45, 2.75) is 168 Å². The third-order valence-corrected chi connectivity index (χ3v) is 19.1. The number of hydrogen-bond donors (Lipinski definition) is 7. The SMILES string of the molecule is C=C1C[C@H]2[C@H](O)N3C(=O)OCc4ccc(cc4)NC(=O)C(C)CC(=O)C(C)NC(=O)CCOCCCC(=O)C#CC(=O)CCCOCCC(=O)NC(C)C(=O)CC(C)C(=O)Nc4ccc(cc4)COC(=O)N4c5cc(c(OC)cc5C(=O)N5CC(=C)C[C@H]5[C@@H]4O)OCCCCCOc4cc3c(cc4CO)C(=O)N2C1. The minimum atomic E-state index is -1.62. The first-order valence-electron chi connectivity index (χ1n) is 36.4. The second kappa shape index (κ2) is 38.8. The van der Waals surface area contributed by atoms with Crippen LogP contribution in [0.25, 0.3) is 0 Å². The zero-order chi connectivity index (χ0) is 78.6. The summed E-state index contributed by atoms with van der Waals surface area (Å²) in [6.07, 6.45) is -3.52. The van der Waals surface area contributed by atoms with Crippen LogP contribution in [-0.4, -0.2) is 192 Å². The predicted molar refractivity (Wildman–Crippen MR) is 395 cm³/mol. The zero-order valence-corrected chi connectivity index (χ0v) is 61.8. The molecule has 2 saturated heterocycles. The van der Waals surface area contributed by atoms with Crippen LogP contribution in [-0.2, 0) is 77.1 Å². The van der Waals surface area contributed by atoms with Gasteiger partial charge in [-0.3, -0.25) is 47.9 Å². The molecule has 582 valence electrons. The summed E-state index contributed by atoms with van der Waals surface area (Å²) in [5.74, 6) is -1.22. The Labute approximate surface area is 631 Å². The molecule has 8 amide bonds. The fourth-order valence-corrected chi connectivity index (χ4v) is 12.9. The van der Waals surface area contributed by atoms with Crippen molar-refractivity contribution < 1.29 is 106 Å². The molecule has 0 aromatic heterocycles. The van der Waals surface area contributed by atoms with Crippen molar-refractivity contribution in [2.75, 3.05) is 80.3 Å². The average Bonchev–Trinajstić information content (AvgIpc) is 1.62. The highest BCUT2D eigenvalue weighted by Gasteiger charge is 2.48. The lowest BCUT2D eigenvalue weighted by molar-refractivity contribution is -0.130. The number of carbonyl (C=O) groups is 12. The van der Waals surface area contributed by atoms with Crippen LogP contribution in [0.15, 0.2) is 97.1 Å². The molecule has 30 heteroatoms. The lowest BCUT2D eigenvalue weighted by Gasteiger charge is -2.31. The predicted octanol–water partition coefficient (Wildman–Crippen LogP) is 6.91. The Morgan fingerprint density at radius 1 is 0.505 bits per heavy atom. The number of rotatable bonds is 2. The van der Waals surface area contributed by atoms with Crippen molar-refractivity contribution in [3.8, 4) is 29.1 Å². The zero-order valence-electron chi connectivity index (χ0n) is 61.8. The molecule has 109 heavy (non-hydrogen) atoms. The molecule has 8 atom stereocenters. The number of amides is 8. The van der Waals surface area contributed by atoms with Gasteiger partial charge in [0, 0.05) is 106 Å². The number of nitrogens with zero attached hydrogens (tertiary/aromatic N) is 4. The highest BCUT2D eigenvalue weighted by molar-refractivity contribution is 6.08. The number of aliphatic hydroxyl groups is 3. The number of fused-ring (bicyclic) bond motifs is 4. The Morgan fingerprint density at radius 2 is 0.927 bits per heavy atom. The first-order valence-corrected chi connectivity index (χ1v) is 36.4. The lowest BCUT2D eigenvalue weighted by Crippen LogP contribution is -2.50. The minimum absolute atomic E-state index is 0.00136. The fourth-order valence-electron chi connectivity index (χ4n) is 12.9. The summed E-state index contributed by atoms with van der Waals surface area (Å²) in [4.78, 5) is 165. The molecule has 4 aromatic rings. The van der Waals surface area contributed by atoms with E-state index in [0.29, 0.717) is 52.9 Å². The van der Waals surface area contributed by atoms with Crippen molar-refractivity contribution in [2.24, 2.45) is 11.8 Å². The van der Waals surface area contributed by atoms with Gasteiger partial charge in [-0.05, 0) is 118 Å². The van der Waals surface area contributed by atoms with Crippen LogP contribution >= 0.6 is 0 Å². The van der Waals surface area contributed by atoms with Crippen LogP contribution < -0.4 is 45.3 Å². The minimum Gasteiger partial charge on any atom is -0.493 e. The number of hydrogen-bond acceptors (Lipinski definition) is 22. The van der Waals surface area contributed by atoms with E-state index in [2.05, 4.69) is 46.3 Å². The molecule has 11 rings (SSSR count). The normalized spacial score (nSPS) is 24.2. The van der Waals surface area contributed by atoms with Gasteiger partial charge in [-0.2, -0.15) is 0 Å². The molecule has 0 aliphatic carbocycles. The first kappa shape index (κ1) is 82.2.